The van der Waals surface area contributed by atoms with Crippen molar-refractivity contribution in [2.24, 2.45) is 16.7 Å². The van der Waals surface area contributed by atoms with E-state index in [1.807, 2.05) is 28.9 Å². The molecule has 2 saturated carbocycles. The summed E-state index contributed by atoms with van der Waals surface area (Å²) in [6.45, 7) is 6.76. The van der Waals surface area contributed by atoms with E-state index >= 15 is 0 Å². The predicted octanol–water partition coefficient (Wildman–Crippen LogP) is 5.20. The zero-order chi connectivity index (χ0) is 26.5. The zero-order valence-electron chi connectivity index (χ0n) is 22.0. The number of amides is 3. The highest BCUT2D eigenvalue weighted by Gasteiger charge is 2.48. The van der Waals surface area contributed by atoms with Gasteiger partial charge in [0.2, 0.25) is 11.8 Å². The zero-order valence-corrected chi connectivity index (χ0v) is 23.5. The Labute approximate surface area is 229 Å². The molecule has 0 spiro atoms. The second kappa shape index (κ2) is 9.96. The topological polar surface area (TPSA) is 70.2 Å². The molecule has 9 heteroatoms. The van der Waals surface area contributed by atoms with Gasteiger partial charge in [-0.3, -0.25) is 9.59 Å². The summed E-state index contributed by atoms with van der Waals surface area (Å²) in [6, 6.07) is 5.28. The first kappa shape index (κ1) is 26.6. The summed E-state index contributed by atoms with van der Waals surface area (Å²) < 4.78 is 5.65. The molecule has 2 heterocycles. The Morgan fingerprint density at radius 3 is 2.27 bits per heavy atom. The molecule has 0 aromatic heterocycles. The first-order valence-corrected chi connectivity index (χ1v) is 14.2. The summed E-state index contributed by atoms with van der Waals surface area (Å²) in [6.07, 6.45) is 5.07. The maximum atomic E-state index is 13.6. The minimum Gasteiger partial charge on any atom is -0.449 e. The lowest BCUT2D eigenvalue weighted by molar-refractivity contribution is -0.142. The van der Waals surface area contributed by atoms with Crippen LogP contribution in [0.15, 0.2) is 18.2 Å². The molecule has 2 atom stereocenters. The summed E-state index contributed by atoms with van der Waals surface area (Å²) in [5, 5.41) is 0.927. The van der Waals surface area contributed by atoms with Gasteiger partial charge in [0, 0.05) is 55.9 Å². The van der Waals surface area contributed by atoms with Crippen molar-refractivity contribution in [3.8, 4) is 0 Å². The molecular formula is C28H37Cl2N3O4. The number of hydrogen-bond donors (Lipinski definition) is 0. The standard InChI is InChI=1S/C28H37Cl2N3O4/c1-27(8-9-27)17-37-26(36)31(3)23-16-33(15-20(23)19-4-5-21(29)22(30)14-19)24(34)18-6-12-32(13-7-18)25(35)28(2)10-11-28/h4-5,14,18,20,23H,6-13,15-17H2,1-3H3/t20-,23?/m1/s1. The van der Waals surface area contributed by atoms with Crippen molar-refractivity contribution < 1.29 is 19.1 Å². The van der Waals surface area contributed by atoms with E-state index in [4.69, 9.17) is 27.9 Å². The molecule has 37 heavy (non-hydrogen) atoms. The minimum atomic E-state index is -0.363. The molecule has 2 aliphatic heterocycles. The SMILES string of the molecule is CN(C(=O)OCC1(C)CC1)C1CN(C(=O)C2CCN(C(=O)C3(C)CC3)CC2)C[C@@H]1c1ccc(Cl)c(Cl)c1. The minimum absolute atomic E-state index is 0.101. The number of benzene rings is 1. The fourth-order valence-electron chi connectivity index (χ4n) is 5.63. The van der Waals surface area contributed by atoms with Crippen LogP contribution in [0.1, 0.15) is 63.9 Å². The lowest BCUT2D eigenvalue weighted by atomic mass is 9.93. The monoisotopic (exact) mass is 549 g/mol. The van der Waals surface area contributed by atoms with E-state index in [1.165, 1.54) is 0 Å². The van der Waals surface area contributed by atoms with E-state index in [2.05, 4.69) is 6.92 Å². The van der Waals surface area contributed by atoms with Crippen LogP contribution in [0.5, 0.6) is 0 Å². The van der Waals surface area contributed by atoms with Gasteiger partial charge in [0.1, 0.15) is 0 Å². The fraction of sp³-hybridized carbons (Fsp3) is 0.679. The third-order valence-electron chi connectivity index (χ3n) is 9.05. The Morgan fingerprint density at radius 1 is 1.00 bits per heavy atom. The van der Waals surface area contributed by atoms with Gasteiger partial charge in [-0.05, 0) is 56.2 Å². The van der Waals surface area contributed by atoms with E-state index in [0.29, 0.717) is 55.7 Å². The van der Waals surface area contributed by atoms with Gasteiger partial charge in [0.25, 0.3) is 0 Å². The van der Waals surface area contributed by atoms with Crippen molar-refractivity contribution in [2.75, 3.05) is 39.8 Å². The Balaban J connectivity index is 1.27. The van der Waals surface area contributed by atoms with Crippen LogP contribution in [0.2, 0.25) is 10.0 Å². The van der Waals surface area contributed by atoms with Gasteiger partial charge in [-0.25, -0.2) is 4.79 Å². The van der Waals surface area contributed by atoms with E-state index in [9.17, 15) is 14.4 Å². The van der Waals surface area contributed by atoms with Crippen LogP contribution in [0, 0.1) is 16.7 Å². The van der Waals surface area contributed by atoms with Gasteiger partial charge in [-0.2, -0.15) is 0 Å². The number of halogens is 2. The molecule has 1 aromatic rings. The molecular weight excluding hydrogens is 513 g/mol. The molecule has 3 amide bonds. The predicted molar refractivity (Wildman–Crippen MR) is 143 cm³/mol. The average molecular weight is 551 g/mol. The average Bonchev–Trinajstić information content (AvgIpc) is 3.78. The lowest BCUT2D eigenvalue weighted by Gasteiger charge is -2.34. The second-order valence-electron chi connectivity index (χ2n) is 12.2. The van der Waals surface area contributed by atoms with Crippen molar-refractivity contribution in [1.82, 2.24) is 14.7 Å². The molecule has 4 aliphatic rings. The number of ether oxygens (including phenoxy) is 1. The van der Waals surface area contributed by atoms with Gasteiger partial charge in [0.05, 0.1) is 22.7 Å². The van der Waals surface area contributed by atoms with Crippen LogP contribution in [0.25, 0.3) is 0 Å². The van der Waals surface area contributed by atoms with Crippen LogP contribution >= 0.6 is 23.2 Å². The number of piperidine rings is 1. The Morgan fingerprint density at radius 2 is 1.68 bits per heavy atom. The van der Waals surface area contributed by atoms with E-state index in [0.717, 1.165) is 31.2 Å². The maximum absolute atomic E-state index is 13.6. The largest absolute Gasteiger partial charge is 0.449 e. The van der Waals surface area contributed by atoms with Crippen LogP contribution in [-0.2, 0) is 14.3 Å². The number of rotatable bonds is 6. The van der Waals surface area contributed by atoms with Crippen LogP contribution in [0.4, 0.5) is 4.79 Å². The molecule has 1 aromatic carbocycles. The van der Waals surface area contributed by atoms with Crippen molar-refractivity contribution >= 4 is 41.1 Å². The van der Waals surface area contributed by atoms with E-state index in [1.54, 1.807) is 18.0 Å². The summed E-state index contributed by atoms with van der Waals surface area (Å²) in [5.41, 5.74) is 0.869. The van der Waals surface area contributed by atoms with Crippen molar-refractivity contribution in [3.05, 3.63) is 33.8 Å². The Bertz CT molecular complexity index is 1080. The van der Waals surface area contributed by atoms with Crippen LogP contribution in [0.3, 0.4) is 0 Å². The summed E-state index contributed by atoms with van der Waals surface area (Å²) in [4.78, 5) is 44.8. The molecule has 0 radical (unpaired) electrons. The van der Waals surface area contributed by atoms with Gasteiger partial charge in [0.15, 0.2) is 0 Å². The molecule has 1 unspecified atom stereocenters. The highest BCUT2D eigenvalue weighted by atomic mass is 35.5. The number of carbonyl (C=O) groups is 3. The van der Waals surface area contributed by atoms with Crippen molar-refractivity contribution in [1.29, 1.82) is 0 Å². The normalized spacial score (nSPS) is 26.1. The summed E-state index contributed by atoms with van der Waals surface area (Å²) >= 11 is 12.5. The van der Waals surface area contributed by atoms with Gasteiger partial charge < -0.3 is 19.4 Å². The quantitative estimate of drug-likeness (QED) is 0.489. The molecule has 5 rings (SSSR count). The Hall–Kier alpha value is -1.99. The van der Waals surface area contributed by atoms with Gasteiger partial charge in [-0.15, -0.1) is 0 Å². The molecule has 7 nitrogen and oxygen atoms in total. The fourth-order valence-corrected chi connectivity index (χ4v) is 5.94. The second-order valence-corrected chi connectivity index (χ2v) is 13.0. The maximum Gasteiger partial charge on any atom is 0.409 e. The molecule has 4 fully saturated rings. The molecule has 2 aliphatic carbocycles. The third-order valence-corrected chi connectivity index (χ3v) is 9.79. The first-order valence-electron chi connectivity index (χ1n) is 13.4. The van der Waals surface area contributed by atoms with Crippen molar-refractivity contribution in [3.63, 3.8) is 0 Å². The number of hydrogen-bond acceptors (Lipinski definition) is 4. The molecule has 0 N–H and O–H groups in total. The lowest BCUT2D eigenvalue weighted by Crippen LogP contribution is -2.46. The van der Waals surface area contributed by atoms with Crippen molar-refractivity contribution in [2.45, 2.75) is 64.3 Å². The smallest absolute Gasteiger partial charge is 0.409 e. The van der Waals surface area contributed by atoms with Gasteiger partial charge >= 0.3 is 6.09 Å². The van der Waals surface area contributed by atoms with Crippen LogP contribution < -0.4 is 0 Å². The number of likely N-dealkylation sites (tertiary alicyclic amines) is 2. The molecule has 0 bridgehead atoms. The molecule has 202 valence electrons. The number of likely N-dealkylation sites (N-methyl/N-ethyl adjacent to an activating group) is 1. The molecule has 2 saturated heterocycles. The highest BCUT2D eigenvalue weighted by Crippen LogP contribution is 2.47. The third kappa shape index (κ3) is 5.58. The van der Waals surface area contributed by atoms with Crippen LogP contribution in [-0.4, -0.2) is 78.5 Å². The van der Waals surface area contributed by atoms with E-state index in [-0.39, 0.29) is 46.6 Å². The van der Waals surface area contributed by atoms with Gasteiger partial charge in [-0.1, -0.05) is 43.1 Å². The first-order chi connectivity index (χ1) is 17.5. The number of nitrogens with zero attached hydrogens (tertiary/aromatic N) is 3. The highest BCUT2D eigenvalue weighted by molar-refractivity contribution is 6.42. The number of carbonyl (C=O) groups excluding carboxylic acids is 3. The van der Waals surface area contributed by atoms with E-state index < -0.39 is 0 Å². The summed E-state index contributed by atoms with van der Waals surface area (Å²) in [5.74, 6) is 0.115. The summed E-state index contributed by atoms with van der Waals surface area (Å²) in [7, 11) is 1.75. The Kier molecular flexibility index (Phi) is 7.16.